The number of H-pyrrole nitrogens is 1. The van der Waals surface area contributed by atoms with E-state index in [9.17, 15) is 23.7 Å². The topological polar surface area (TPSA) is 114 Å². The Kier molecular flexibility index (Phi) is 3.64. The predicted molar refractivity (Wildman–Crippen MR) is 60.6 cm³/mol. The van der Waals surface area contributed by atoms with Crippen LogP contribution in [-0.2, 0) is 6.54 Å². The van der Waals surface area contributed by atoms with Crippen LogP contribution in [-0.4, -0.2) is 26.0 Å². The summed E-state index contributed by atoms with van der Waals surface area (Å²) in [6.07, 6.45) is 1.21. The molecule has 8 nitrogen and oxygen atoms in total. The minimum atomic E-state index is -1.35. The normalized spacial score (nSPS) is 10.3. The van der Waals surface area contributed by atoms with Crippen LogP contribution in [0.25, 0.3) is 0 Å². The first-order chi connectivity index (χ1) is 9.49. The highest BCUT2D eigenvalue weighted by Gasteiger charge is 2.22. The SMILES string of the molecule is O=C(NCc1ncn[nH]1)c1cc([N+](=O)[O-])c(F)cc1F. The molecule has 2 aromatic rings. The van der Waals surface area contributed by atoms with E-state index in [0.29, 0.717) is 18.0 Å². The Morgan fingerprint density at radius 2 is 2.15 bits per heavy atom. The van der Waals surface area contributed by atoms with Crippen molar-refractivity contribution in [2.45, 2.75) is 6.54 Å². The summed E-state index contributed by atoms with van der Waals surface area (Å²) in [6.45, 7) is -0.0799. The van der Waals surface area contributed by atoms with Crippen LogP contribution in [0.4, 0.5) is 14.5 Å². The van der Waals surface area contributed by atoms with Crippen molar-refractivity contribution in [3.8, 4) is 0 Å². The molecule has 0 aliphatic carbocycles. The molecule has 1 heterocycles. The van der Waals surface area contributed by atoms with Gasteiger partial charge in [-0.25, -0.2) is 9.37 Å². The van der Waals surface area contributed by atoms with E-state index in [4.69, 9.17) is 0 Å². The summed E-state index contributed by atoms with van der Waals surface area (Å²) in [6, 6.07) is 0.835. The maximum absolute atomic E-state index is 13.5. The molecule has 0 fully saturated rings. The number of carbonyl (C=O) groups excluding carboxylic acids is 1. The molecule has 0 saturated carbocycles. The van der Waals surface area contributed by atoms with Crippen LogP contribution in [0.3, 0.4) is 0 Å². The van der Waals surface area contributed by atoms with Crippen molar-refractivity contribution in [3.63, 3.8) is 0 Å². The molecule has 0 saturated heterocycles. The van der Waals surface area contributed by atoms with Gasteiger partial charge in [0, 0.05) is 12.1 Å². The monoisotopic (exact) mass is 283 g/mol. The summed E-state index contributed by atoms with van der Waals surface area (Å²) in [5.41, 5.74) is -1.60. The maximum atomic E-state index is 13.5. The highest BCUT2D eigenvalue weighted by atomic mass is 19.1. The second-order valence-corrected chi connectivity index (χ2v) is 3.66. The van der Waals surface area contributed by atoms with Gasteiger partial charge in [0.2, 0.25) is 5.82 Å². The number of benzene rings is 1. The van der Waals surface area contributed by atoms with Crippen molar-refractivity contribution in [1.82, 2.24) is 20.5 Å². The molecular weight excluding hydrogens is 276 g/mol. The van der Waals surface area contributed by atoms with Gasteiger partial charge in [-0.05, 0) is 0 Å². The minimum absolute atomic E-state index is 0.0799. The second-order valence-electron chi connectivity index (χ2n) is 3.66. The fourth-order valence-electron chi connectivity index (χ4n) is 1.43. The molecule has 0 bridgehead atoms. The van der Waals surface area contributed by atoms with E-state index in [0.717, 1.165) is 0 Å². The fourth-order valence-corrected chi connectivity index (χ4v) is 1.43. The highest BCUT2D eigenvalue weighted by Crippen LogP contribution is 2.21. The van der Waals surface area contributed by atoms with Gasteiger partial charge in [-0.1, -0.05) is 0 Å². The van der Waals surface area contributed by atoms with Gasteiger partial charge in [0.1, 0.15) is 18.0 Å². The van der Waals surface area contributed by atoms with E-state index in [-0.39, 0.29) is 6.54 Å². The standard InChI is InChI=1S/C10H7F2N5O3/c11-6-2-7(12)8(17(19)20)1-5(6)10(18)13-3-9-14-4-15-16-9/h1-2,4H,3H2,(H,13,18)(H,14,15,16). The Balaban J connectivity index is 2.21. The van der Waals surface area contributed by atoms with Gasteiger partial charge in [-0.3, -0.25) is 20.0 Å². The minimum Gasteiger partial charge on any atom is -0.345 e. The molecule has 10 heteroatoms. The molecule has 0 unspecified atom stereocenters. The number of aromatic amines is 1. The molecule has 20 heavy (non-hydrogen) atoms. The number of nitrogens with zero attached hydrogens (tertiary/aromatic N) is 3. The van der Waals surface area contributed by atoms with E-state index >= 15 is 0 Å². The number of carbonyl (C=O) groups is 1. The number of rotatable bonds is 4. The number of aromatic nitrogens is 3. The Morgan fingerprint density at radius 1 is 1.40 bits per heavy atom. The number of nitro benzene ring substituents is 1. The maximum Gasteiger partial charge on any atom is 0.305 e. The number of hydrogen-bond donors (Lipinski definition) is 2. The second kappa shape index (κ2) is 5.38. The van der Waals surface area contributed by atoms with E-state index in [2.05, 4.69) is 20.5 Å². The fraction of sp³-hybridized carbons (Fsp3) is 0.100. The summed E-state index contributed by atoms with van der Waals surface area (Å²) in [5.74, 6) is -3.15. The zero-order valence-electron chi connectivity index (χ0n) is 9.76. The lowest BCUT2D eigenvalue weighted by Crippen LogP contribution is -2.24. The van der Waals surface area contributed by atoms with Crippen LogP contribution < -0.4 is 5.32 Å². The molecule has 1 aromatic carbocycles. The third-order valence-electron chi connectivity index (χ3n) is 2.36. The van der Waals surface area contributed by atoms with Gasteiger partial charge in [0.25, 0.3) is 5.91 Å². The van der Waals surface area contributed by atoms with Crippen LogP contribution in [0.15, 0.2) is 18.5 Å². The number of amides is 1. The molecule has 0 spiro atoms. The van der Waals surface area contributed by atoms with Crippen LogP contribution in [0.5, 0.6) is 0 Å². The van der Waals surface area contributed by atoms with Gasteiger partial charge in [-0.2, -0.15) is 9.49 Å². The first-order valence-corrected chi connectivity index (χ1v) is 5.25. The smallest absolute Gasteiger partial charge is 0.305 e. The quantitative estimate of drug-likeness (QED) is 0.639. The molecule has 1 aromatic heterocycles. The first-order valence-electron chi connectivity index (χ1n) is 5.25. The Morgan fingerprint density at radius 3 is 2.75 bits per heavy atom. The molecule has 2 N–H and O–H groups in total. The lowest BCUT2D eigenvalue weighted by atomic mass is 10.1. The lowest BCUT2D eigenvalue weighted by Gasteiger charge is -2.05. The number of nitrogens with one attached hydrogen (secondary N) is 2. The summed E-state index contributed by atoms with van der Waals surface area (Å²) in [4.78, 5) is 24.9. The Labute approximate surface area is 110 Å². The molecule has 0 radical (unpaired) electrons. The molecule has 1 amide bonds. The summed E-state index contributed by atoms with van der Waals surface area (Å²) >= 11 is 0. The van der Waals surface area contributed by atoms with E-state index in [1.165, 1.54) is 6.33 Å². The van der Waals surface area contributed by atoms with Crippen molar-refractivity contribution in [3.05, 3.63) is 51.6 Å². The summed E-state index contributed by atoms with van der Waals surface area (Å²) in [5, 5.41) is 18.8. The van der Waals surface area contributed by atoms with Crippen LogP contribution in [0.2, 0.25) is 0 Å². The largest absolute Gasteiger partial charge is 0.345 e. The van der Waals surface area contributed by atoms with Crippen LogP contribution >= 0.6 is 0 Å². The average Bonchev–Trinajstić information content (AvgIpc) is 2.88. The Bertz CT molecular complexity index is 659. The van der Waals surface area contributed by atoms with Crippen molar-refractivity contribution in [2.75, 3.05) is 0 Å². The first kappa shape index (κ1) is 13.5. The molecule has 0 aliphatic heterocycles. The lowest BCUT2D eigenvalue weighted by molar-refractivity contribution is -0.387. The number of hydrogen-bond acceptors (Lipinski definition) is 5. The molecule has 0 atom stereocenters. The average molecular weight is 283 g/mol. The van der Waals surface area contributed by atoms with E-state index in [1.54, 1.807) is 0 Å². The zero-order chi connectivity index (χ0) is 14.7. The van der Waals surface area contributed by atoms with Crippen LogP contribution in [0, 0.1) is 21.7 Å². The predicted octanol–water partition coefficient (Wildman–Crippen LogP) is 0.921. The van der Waals surface area contributed by atoms with Crippen molar-refractivity contribution in [2.24, 2.45) is 0 Å². The summed E-state index contributed by atoms with van der Waals surface area (Å²) < 4.78 is 26.6. The third-order valence-corrected chi connectivity index (χ3v) is 2.36. The van der Waals surface area contributed by atoms with Gasteiger partial charge in [-0.15, -0.1) is 0 Å². The van der Waals surface area contributed by atoms with E-state index in [1.807, 2.05) is 0 Å². The van der Waals surface area contributed by atoms with Gasteiger partial charge >= 0.3 is 5.69 Å². The molecule has 104 valence electrons. The van der Waals surface area contributed by atoms with Gasteiger partial charge in [0.15, 0.2) is 0 Å². The number of nitro groups is 1. The van der Waals surface area contributed by atoms with Crippen molar-refractivity contribution in [1.29, 1.82) is 0 Å². The van der Waals surface area contributed by atoms with E-state index < -0.39 is 33.7 Å². The highest BCUT2D eigenvalue weighted by molar-refractivity contribution is 5.95. The molecular formula is C10H7F2N5O3. The molecule has 2 rings (SSSR count). The van der Waals surface area contributed by atoms with Gasteiger partial charge < -0.3 is 5.32 Å². The summed E-state index contributed by atoms with van der Waals surface area (Å²) in [7, 11) is 0. The Hall–Kier alpha value is -2.91. The van der Waals surface area contributed by atoms with Crippen LogP contribution in [0.1, 0.15) is 16.2 Å². The number of halogens is 2. The molecule has 0 aliphatic rings. The van der Waals surface area contributed by atoms with Gasteiger partial charge in [0.05, 0.1) is 17.0 Å². The van der Waals surface area contributed by atoms with Crippen molar-refractivity contribution < 1.29 is 18.5 Å². The zero-order valence-corrected chi connectivity index (χ0v) is 9.76. The third kappa shape index (κ3) is 2.74. The van der Waals surface area contributed by atoms with Crippen molar-refractivity contribution >= 4 is 11.6 Å².